The zero-order valence-electron chi connectivity index (χ0n) is 47.0. The molecule has 0 saturated carbocycles. The largest absolute Gasteiger partial charge is 0.462 e. The summed E-state index contributed by atoms with van der Waals surface area (Å²) >= 11 is 0. The first-order valence-corrected chi connectivity index (χ1v) is 29.3. The summed E-state index contributed by atoms with van der Waals surface area (Å²) in [5.41, 5.74) is 0. The molecule has 0 aromatic rings. The van der Waals surface area contributed by atoms with Crippen LogP contribution in [0.1, 0.15) is 219 Å². The average molecular weight is 1020 g/mol. The van der Waals surface area contributed by atoms with Crippen LogP contribution in [0.15, 0.2) is 182 Å². The van der Waals surface area contributed by atoms with Gasteiger partial charge in [-0.15, -0.1) is 0 Å². The highest BCUT2D eigenvalue weighted by molar-refractivity contribution is 5.70. The summed E-state index contributed by atoms with van der Waals surface area (Å²) in [6.07, 6.45) is 98.5. The van der Waals surface area contributed by atoms with Crippen molar-refractivity contribution in [3.8, 4) is 0 Å². The number of allylic oxidation sites excluding steroid dienone is 30. The summed E-state index contributed by atoms with van der Waals surface area (Å²) in [7, 11) is 0. The van der Waals surface area contributed by atoms with Gasteiger partial charge in [-0.1, -0.05) is 254 Å². The molecule has 1 N–H and O–H groups in total. The fourth-order valence-electron chi connectivity index (χ4n) is 7.37. The van der Waals surface area contributed by atoms with Crippen molar-refractivity contribution in [2.24, 2.45) is 0 Å². The van der Waals surface area contributed by atoms with Gasteiger partial charge in [0.15, 0.2) is 6.10 Å². The third-order valence-corrected chi connectivity index (χ3v) is 11.7. The normalized spacial score (nSPS) is 13.6. The molecule has 0 heterocycles. The Morgan fingerprint density at radius 2 is 0.541 bits per heavy atom. The number of aliphatic hydroxyl groups excluding tert-OH is 1. The predicted molar refractivity (Wildman–Crippen MR) is 324 cm³/mol. The number of hydrogen-bond acceptors (Lipinski definition) is 5. The van der Waals surface area contributed by atoms with Crippen molar-refractivity contribution in [2.75, 3.05) is 13.2 Å². The maximum atomic E-state index is 12.3. The van der Waals surface area contributed by atoms with Crippen molar-refractivity contribution in [3.05, 3.63) is 182 Å². The summed E-state index contributed by atoms with van der Waals surface area (Å²) in [5.74, 6) is -0.641. The molecule has 0 aliphatic heterocycles. The van der Waals surface area contributed by atoms with Crippen molar-refractivity contribution in [2.45, 2.75) is 225 Å². The molecule has 1 atom stereocenters. The van der Waals surface area contributed by atoms with E-state index in [-0.39, 0.29) is 25.2 Å². The van der Waals surface area contributed by atoms with Crippen LogP contribution in [-0.4, -0.2) is 36.4 Å². The van der Waals surface area contributed by atoms with Gasteiger partial charge in [-0.25, -0.2) is 0 Å². The van der Waals surface area contributed by atoms with Crippen LogP contribution in [0.4, 0.5) is 0 Å². The van der Waals surface area contributed by atoms with Crippen LogP contribution in [-0.2, 0) is 19.1 Å². The van der Waals surface area contributed by atoms with Crippen LogP contribution in [0.3, 0.4) is 0 Å². The SMILES string of the molecule is CC/C=C\C/C=C\C/C=C\C/C=C\C/C=C\C/C=C\C/C=C\C/C=C\C/C=C\C/C=C\CCCCCCC(=O)OC(CO)COC(=O)CCCCCCCCCCC/C=C\C/C=C\C/C=C\C/C=C\C/C=C\CC. The van der Waals surface area contributed by atoms with E-state index < -0.39 is 6.10 Å². The molecule has 74 heavy (non-hydrogen) atoms. The molecule has 5 nitrogen and oxygen atoms in total. The van der Waals surface area contributed by atoms with E-state index in [2.05, 4.69) is 196 Å². The standard InChI is InChI=1S/C69H106O5/c1-3-5-7-9-11-13-15-17-19-21-23-25-27-29-30-31-32-33-34-35-36-37-38-40-42-44-46-48-50-52-54-56-58-60-62-64-69(72)74-67(65-70)66-73-68(71)63-61-59-57-55-53-51-49-47-45-43-41-39-28-26-24-22-20-18-16-14-12-10-8-6-4-2/h5-8,11-14,17-20,23-26,29-30,32-33,35-36,38-41,44,46,50,52,67,70H,3-4,9-10,15-16,21-22,27-28,31,34,37,42-43,45,47-49,51,53-66H2,1-2H3/b7-5-,8-6-,13-11-,14-12-,19-17-,20-18-,25-23-,26-24-,30-29-,33-32-,36-35-,40-38-,41-39-,46-44-,52-50-. The van der Waals surface area contributed by atoms with E-state index in [1.807, 2.05) is 0 Å². The minimum atomic E-state index is -0.805. The van der Waals surface area contributed by atoms with Crippen LogP contribution >= 0.6 is 0 Å². The van der Waals surface area contributed by atoms with Gasteiger partial charge in [-0.2, -0.15) is 0 Å². The van der Waals surface area contributed by atoms with E-state index >= 15 is 0 Å². The number of hydrogen-bond donors (Lipinski definition) is 1. The highest BCUT2D eigenvalue weighted by Gasteiger charge is 2.16. The lowest BCUT2D eigenvalue weighted by Gasteiger charge is -2.15. The lowest BCUT2D eigenvalue weighted by molar-refractivity contribution is -0.161. The molecule has 0 aliphatic rings. The Kier molecular flexibility index (Phi) is 58.1. The van der Waals surface area contributed by atoms with Crippen LogP contribution in [0.25, 0.3) is 0 Å². The molecular formula is C69H106O5. The summed E-state index contributed by atoms with van der Waals surface area (Å²) in [5, 5.41) is 9.66. The zero-order valence-corrected chi connectivity index (χ0v) is 47.0. The zero-order chi connectivity index (χ0) is 53.4. The number of carbonyl (C=O) groups is 2. The topological polar surface area (TPSA) is 72.8 Å². The third-order valence-electron chi connectivity index (χ3n) is 11.7. The molecule has 0 amide bonds. The molecule has 0 bridgehead atoms. The van der Waals surface area contributed by atoms with Crippen molar-refractivity contribution in [1.29, 1.82) is 0 Å². The minimum absolute atomic E-state index is 0.0924. The summed E-state index contributed by atoms with van der Waals surface area (Å²) in [6, 6.07) is 0. The second kappa shape index (κ2) is 62.3. The summed E-state index contributed by atoms with van der Waals surface area (Å²) < 4.78 is 10.7. The predicted octanol–water partition coefficient (Wildman–Crippen LogP) is 20.3. The van der Waals surface area contributed by atoms with E-state index in [0.717, 1.165) is 154 Å². The molecule has 0 fully saturated rings. The molecule has 5 heteroatoms. The Bertz CT molecular complexity index is 1720. The number of ether oxygens (including phenoxy) is 2. The lowest BCUT2D eigenvalue weighted by Crippen LogP contribution is -2.28. The first-order chi connectivity index (χ1) is 36.6. The quantitative estimate of drug-likeness (QED) is 0.0373. The molecule has 1 unspecified atom stereocenters. The molecule has 0 saturated heterocycles. The van der Waals surface area contributed by atoms with E-state index in [1.165, 1.54) is 38.5 Å². The van der Waals surface area contributed by atoms with E-state index in [1.54, 1.807) is 0 Å². The first kappa shape index (κ1) is 69.0. The summed E-state index contributed by atoms with van der Waals surface area (Å²) in [6.45, 7) is 3.87. The van der Waals surface area contributed by atoms with E-state index in [0.29, 0.717) is 12.8 Å². The smallest absolute Gasteiger partial charge is 0.306 e. The lowest BCUT2D eigenvalue weighted by atomic mass is 10.1. The molecule has 412 valence electrons. The van der Waals surface area contributed by atoms with Crippen LogP contribution in [0, 0.1) is 0 Å². The van der Waals surface area contributed by atoms with Crippen molar-refractivity contribution >= 4 is 11.9 Å². The van der Waals surface area contributed by atoms with Gasteiger partial charge in [0.05, 0.1) is 6.61 Å². The van der Waals surface area contributed by atoms with E-state index in [4.69, 9.17) is 9.47 Å². The molecule has 0 aromatic carbocycles. The van der Waals surface area contributed by atoms with Gasteiger partial charge in [0.25, 0.3) is 0 Å². The Labute approximate surface area is 455 Å². The maximum absolute atomic E-state index is 12.3. The second-order valence-electron chi connectivity index (χ2n) is 18.6. The highest BCUT2D eigenvalue weighted by Crippen LogP contribution is 2.13. The maximum Gasteiger partial charge on any atom is 0.306 e. The van der Waals surface area contributed by atoms with Crippen LogP contribution in [0.2, 0.25) is 0 Å². The summed E-state index contributed by atoms with van der Waals surface area (Å²) in [4.78, 5) is 24.5. The Morgan fingerprint density at radius 1 is 0.311 bits per heavy atom. The van der Waals surface area contributed by atoms with Gasteiger partial charge in [-0.3, -0.25) is 9.59 Å². The van der Waals surface area contributed by atoms with Gasteiger partial charge < -0.3 is 14.6 Å². The average Bonchev–Trinajstić information content (AvgIpc) is 3.40. The van der Waals surface area contributed by atoms with Gasteiger partial charge in [0.2, 0.25) is 0 Å². The van der Waals surface area contributed by atoms with Gasteiger partial charge in [0.1, 0.15) is 6.61 Å². The van der Waals surface area contributed by atoms with Crippen LogP contribution < -0.4 is 0 Å². The monoisotopic (exact) mass is 1010 g/mol. The molecular weight excluding hydrogens is 909 g/mol. The number of unbranched alkanes of at least 4 members (excludes halogenated alkanes) is 13. The minimum Gasteiger partial charge on any atom is -0.462 e. The molecule has 0 aliphatic carbocycles. The number of esters is 2. The molecule has 0 radical (unpaired) electrons. The number of rotatable bonds is 51. The fraction of sp³-hybridized carbons (Fsp3) is 0.536. The molecule has 0 rings (SSSR count). The van der Waals surface area contributed by atoms with E-state index in [9.17, 15) is 14.7 Å². The Morgan fingerprint density at radius 3 is 0.811 bits per heavy atom. The van der Waals surface area contributed by atoms with Gasteiger partial charge in [0, 0.05) is 12.8 Å². The Balaban J connectivity index is 3.67. The van der Waals surface area contributed by atoms with Gasteiger partial charge >= 0.3 is 11.9 Å². The first-order valence-electron chi connectivity index (χ1n) is 29.3. The van der Waals surface area contributed by atoms with Crippen molar-refractivity contribution in [3.63, 3.8) is 0 Å². The number of aliphatic hydroxyl groups is 1. The third kappa shape index (κ3) is 59.6. The van der Waals surface area contributed by atoms with Gasteiger partial charge in [-0.05, 0) is 135 Å². The molecule has 0 aromatic heterocycles. The number of carbonyl (C=O) groups excluding carboxylic acids is 2. The Hall–Kier alpha value is -5.00. The van der Waals surface area contributed by atoms with Crippen molar-refractivity contribution < 1.29 is 24.2 Å². The molecule has 0 spiro atoms. The highest BCUT2D eigenvalue weighted by atomic mass is 16.6. The van der Waals surface area contributed by atoms with Crippen molar-refractivity contribution in [1.82, 2.24) is 0 Å². The second-order valence-corrected chi connectivity index (χ2v) is 18.6. The fourth-order valence-corrected chi connectivity index (χ4v) is 7.37. The van der Waals surface area contributed by atoms with Crippen LogP contribution in [0.5, 0.6) is 0 Å².